The Morgan fingerprint density at radius 1 is 1.32 bits per heavy atom. The Balaban J connectivity index is 1.84. The first-order chi connectivity index (χ1) is 10.4. The lowest BCUT2D eigenvalue weighted by molar-refractivity contribution is 0.206. The zero-order valence-corrected chi connectivity index (χ0v) is 13.2. The summed E-state index contributed by atoms with van der Waals surface area (Å²) in [4.78, 5) is 12.0. The normalized spacial score (nSPS) is 17.1. The van der Waals surface area contributed by atoms with Gasteiger partial charge in [0.25, 0.3) is 0 Å². The second kappa shape index (κ2) is 7.09. The van der Waals surface area contributed by atoms with Gasteiger partial charge in [-0.3, -0.25) is 0 Å². The molecule has 1 unspecified atom stereocenters. The Morgan fingerprint density at radius 3 is 2.45 bits per heavy atom. The van der Waals surface area contributed by atoms with Crippen molar-refractivity contribution in [2.24, 2.45) is 5.92 Å². The summed E-state index contributed by atoms with van der Waals surface area (Å²) in [6.45, 7) is 4.57. The molecule has 2 rings (SSSR count). The molecule has 1 aromatic rings. The van der Waals surface area contributed by atoms with Gasteiger partial charge in [-0.25, -0.2) is 9.18 Å². The van der Waals surface area contributed by atoms with Crippen molar-refractivity contribution >= 4 is 6.03 Å². The molecule has 1 aliphatic rings. The van der Waals surface area contributed by atoms with E-state index in [1.54, 1.807) is 12.1 Å². The summed E-state index contributed by atoms with van der Waals surface area (Å²) in [5.41, 5.74) is 1.01. The van der Waals surface area contributed by atoms with Crippen LogP contribution in [-0.4, -0.2) is 30.3 Å². The number of urea groups is 1. The predicted octanol–water partition coefficient (Wildman–Crippen LogP) is 2.56. The number of halogens is 1. The van der Waals surface area contributed by atoms with Gasteiger partial charge in [0.05, 0.1) is 12.6 Å². The van der Waals surface area contributed by atoms with Crippen LogP contribution in [0.1, 0.15) is 38.7 Å². The lowest BCUT2D eigenvalue weighted by Gasteiger charge is -2.21. The monoisotopic (exact) mass is 308 g/mol. The lowest BCUT2D eigenvalue weighted by atomic mass is 9.96. The van der Waals surface area contributed by atoms with Crippen molar-refractivity contribution in [3.05, 3.63) is 35.6 Å². The number of carbonyl (C=O) groups is 1. The average molecular weight is 308 g/mol. The van der Waals surface area contributed by atoms with Crippen LogP contribution in [-0.2, 0) is 5.41 Å². The molecular formula is C17H25FN2O2. The summed E-state index contributed by atoms with van der Waals surface area (Å²) in [5.74, 6) is 0.163. The number of aliphatic hydroxyl groups is 1. The fraction of sp³-hybridized carbons (Fsp3) is 0.588. The van der Waals surface area contributed by atoms with Gasteiger partial charge in [0.2, 0.25) is 0 Å². The van der Waals surface area contributed by atoms with E-state index in [-0.39, 0.29) is 29.9 Å². The fourth-order valence-corrected chi connectivity index (χ4v) is 2.76. The number of amides is 2. The number of aliphatic hydroxyl groups excluding tert-OH is 1. The summed E-state index contributed by atoms with van der Waals surface area (Å²) in [6.07, 6.45) is 2.73. The molecule has 1 aliphatic carbocycles. The maximum Gasteiger partial charge on any atom is 0.315 e. The van der Waals surface area contributed by atoms with Crippen LogP contribution in [0.3, 0.4) is 0 Å². The van der Waals surface area contributed by atoms with E-state index in [9.17, 15) is 14.3 Å². The largest absolute Gasteiger partial charge is 0.394 e. The molecule has 0 heterocycles. The fourth-order valence-electron chi connectivity index (χ4n) is 2.76. The van der Waals surface area contributed by atoms with Crippen molar-refractivity contribution in [1.29, 1.82) is 0 Å². The molecule has 122 valence electrons. The van der Waals surface area contributed by atoms with Crippen molar-refractivity contribution in [1.82, 2.24) is 10.6 Å². The van der Waals surface area contributed by atoms with Crippen LogP contribution < -0.4 is 10.6 Å². The third kappa shape index (κ3) is 4.44. The molecule has 0 saturated heterocycles. The zero-order valence-electron chi connectivity index (χ0n) is 13.2. The van der Waals surface area contributed by atoms with E-state index in [0.717, 1.165) is 24.8 Å². The molecule has 0 aliphatic heterocycles. The standard InChI is InChI=1S/C17H25FN2O2/c1-12(2)9-15(10-21)20-16(22)19-11-17(7-8-17)13-3-5-14(18)6-4-13/h3-6,12,15,21H,7-11H2,1-2H3,(H2,19,20,22). The Labute approximate surface area is 131 Å². The minimum atomic E-state index is -0.256. The van der Waals surface area contributed by atoms with E-state index in [2.05, 4.69) is 24.5 Å². The van der Waals surface area contributed by atoms with Crippen LogP contribution in [0.15, 0.2) is 24.3 Å². The molecule has 0 spiro atoms. The molecule has 5 heteroatoms. The molecule has 1 fully saturated rings. The second-order valence-corrected chi connectivity index (χ2v) is 6.62. The van der Waals surface area contributed by atoms with Crippen molar-refractivity contribution in [3.8, 4) is 0 Å². The number of carbonyl (C=O) groups excluding carboxylic acids is 1. The smallest absolute Gasteiger partial charge is 0.315 e. The Kier molecular flexibility index (Phi) is 5.40. The zero-order chi connectivity index (χ0) is 16.2. The number of nitrogens with one attached hydrogen (secondary N) is 2. The summed E-state index contributed by atoms with van der Waals surface area (Å²) in [5, 5.41) is 15.0. The predicted molar refractivity (Wildman–Crippen MR) is 84.2 cm³/mol. The van der Waals surface area contributed by atoms with E-state index >= 15 is 0 Å². The third-order valence-corrected chi connectivity index (χ3v) is 4.21. The van der Waals surface area contributed by atoms with Crippen molar-refractivity contribution in [3.63, 3.8) is 0 Å². The Morgan fingerprint density at radius 2 is 1.95 bits per heavy atom. The van der Waals surface area contributed by atoms with Gasteiger partial charge in [-0.15, -0.1) is 0 Å². The first kappa shape index (κ1) is 16.7. The maximum absolute atomic E-state index is 13.0. The molecule has 3 N–H and O–H groups in total. The number of hydrogen-bond donors (Lipinski definition) is 3. The Bertz CT molecular complexity index is 498. The van der Waals surface area contributed by atoms with Crippen LogP contribution >= 0.6 is 0 Å². The first-order valence-corrected chi connectivity index (χ1v) is 7.86. The highest BCUT2D eigenvalue weighted by atomic mass is 19.1. The van der Waals surface area contributed by atoms with Crippen LogP contribution in [0, 0.1) is 11.7 Å². The maximum atomic E-state index is 13.0. The van der Waals surface area contributed by atoms with E-state index < -0.39 is 0 Å². The highest BCUT2D eigenvalue weighted by Gasteiger charge is 2.44. The quantitative estimate of drug-likeness (QED) is 0.725. The van der Waals surface area contributed by atoms with Gasteiger partial charge in [-0.2, -0.15) is 0 Å². The molecule has 0 aromatic heterocycles. The third-order valence-electron chi connectivity index (χ3n) is 4.21. The number of benzene rings is 1. The molecule has 1 saturated carbocycles. The summed E-state index contributed by atoms with van der Waals surface area (Å²) < 4.78 is 13.0. The van der Waals surface area contributed by atoms with Crippen LogP contribution in [0.25, 0.3) is 0 Å². The lowest BCUT2D eigenvalue weighted by Crippen LogP contribution is -2.46. The van der Waals surface area contributed by atoms with Crippen LogP contribution in [0.5, 0.6) is 0 Å². The average Bonchev–Trinajstić information content (AvgIpc) is 3.26. The number of rotatable bonds is 7. The minimum Gasteiger partial charge on any atom is -0.394 e. The second-order valence-electron chi connectivity index (χ2n) is 6.62. The van der Waals surface area contributed by atoms with E-state index in [4.69, 9.17) is 0 Å². The van der Waals surface area contributed by atoms with Gasteiger partial charge in [0.15, 0.2) is 0 Å². The Hall–Kier alpha value is -1.62. The van der Waals surface area contributed by atoms with Crippen LogP contribution in [0.4, 0.5) is 9.18 Å². The minimum absolute atomic E-state index is 0.0577. The van der Waals surface area contributed by atoms with Crippen molar-refractivity contribution in [2.45, 2.75) is 44.6 Å². The summed E-state index contributed by atoms with van der Waals surface area (Å²) in [7, 11) is 0. The molecule has 0 radical (unpaired) electrons. The van der Waals surface area contributed by atoms with Crippen molar-refractivity contribution in [2.75, 3.05) is 13.2 Å². The molecule has 1 atom stereocenters. The highest BCUT2D eigenvalue weighted by molar-refractivity contribution is 5.74. The van der Waals surface area contributed by atoms with E-state index in [1.165, 1.54) is 12.1 Å². The van der Waals surface area contributed by atoms with Gasteiger partial charge >= 0.3 is 6.03 Å². The SMILES string of the molecule is CC(C)CC(CO)NC(=O)NCC1(c2ccc(F)cc2)CC1. The highest BCUT2D eigenvalue weighted by Crippen LogP contribution is 2.47. The topological polar surface area (TPSA) is 61.4 Å². The molecule has 0 bridgehead atoms. The van der Waals surface area contributed by atoms with Gasteiger partial charge in [-0.1, -0.05) is 26.0 Å². The van der Waals surface area contributed by atoms with Gasteiger partial charge < -0.3 is 15.7 Å². The van der Waals surface area contributed by atoms with Gasteiger partial charge in [-0.05, 0) is 42.9 Å². The molecule has 1 aromatic carbocycles. The summed E-state index contributed by atoms with van der Waals surface area (Å²) >= 11 is 0. The first-order valence-electron chi connectivity index (χ1n) is 7.86. The molecular weight excluding hydrogens is 283 g/mol. The van der Waals surface area contributed by atoms with Gasteiger partial charge in [0.1, 0.15) is 5.82 Å². The van der Waals surface area contributed by atoms with Crippen molar-refractivity contribution < 1.29 is 14.3 Å². The van der Waals surface area contributed by atoms with E-state index in [0.29, 0.717) is 12.5 Å². The van der Waals surface area contributed by atoms with E-state index in [1.807, 2.05) is 0 Å². The molecule has 22 heavy (non-hydrogen) atoms. The summed E-state index contributed by atoms with van der Waals surface area (Å²) in [6, 6.07) is 6.02. The van der Waals surface area contributed by atoms with Crippen LogP contribution in [0.2, 0.25) is 0 Å². The molecule has 4 nitrogen and oxygen atoms in total. The molecule has 2 amide bonds. The van der Waals surface area contributed by atoms with Gasteiger partial charge in [0, 0.05) is 12.0 Å². The number of hydrogen-bond acceptors (Lipinski definition) is 2.